The molecule has 1 saturated carbocycles. The molecule has 14 heavy (non-hydrogen) atoms. The zero-order valence-corrected chi connectivity index (χ0v) is 10.8. The molecule has 2 rings (SSSR count). The number of rotatable bonds is 0. The van der Waals surface area contributed by atoms with E-state index in [1.165, 1.54) is 38.8 Å². The number of hydrogen-bond donors (Lipinski definition) is 1. The maximum absolute atomic E-state index is 3.49. The van der Waals surface area contributed by atoms with E-state index in [-0.39, 0.29) is 0 Å². The Morgan fingerprint density at radius 2 is 1.71 bits per heavy atom. The molecule has 86 valence electrons. The first-order chi connectivity index (χ1) is 6.83. The van der Waals surface area contributed by atoms with Crippen LogP contribution in [0.25, 0.3) is 0 Å². The average molecular weight is 199 g/mol. The van der Waals surface area contributed by atoms with Crippen LogP contribution in [0.15, 0.2) is 0 Å². The zero-order chi connectivity index (χ0) is 11.0. The molecular formula is C13H29N. The van der Waals surface area contributed by atoms with Gasteiger partial charge in [-0.2, -0.15) is 0 Å². The molecule has 1 aliphatic carbocycles. The van der Waals surface area contributed by atoms with Crippen molar-refractivity contribution in [3.05, 3.63) is 0 Å². The van der Waals surface area contributed by atoms with E-state index in [9.17, 15) is 0 Å². The largest absolute Gasteiger partial charge is 0.316 e. The average Bonchev–Trinajstić information content (AvgIpc) is 2.86. The van der Waals surface area contributed by atoms with Crippen molar-refractivity contribution in [1.29, 1.82) is 0 Å². The normalized spacial score (nSPS) is 34.5. The van der Waals surface area contributed by atoms with Crippen LogP contribution in [0.3, 0.4) is 0 Å². The van der Waals surface area contributed by atoms with E-state index < -0.39 is 0 Å². The Bertz CT molecular complexity index is 120. The highest BCUT2D eigenvalue weighted by Gasteiger charge is 2.41. The quantitative estimate of drug-likeness (QED) is 0.625. The summed E-state index contributed by atoms with van der Waals surface area (Å²) in [6, 6.07) is 0. The Morgan fingerprint density at radius 3 is 2.07 bits per heavy atom. The van der Waals surface area contributed by atoms with Crippen molar-refractivity contribution in [3.63, 3.8) is 0 Å². The van der Waals surface area contributed by atoms with Gasteiger partial charge in [0, 0.05) is 6.54 Å². The van der Waals surface area contributed by atoms with Crippen molar-refractivity contribution in [3.8, 4) is 0 Å². The number of hydrogen-bond acceptors (Lipinski definition) is 1. The fourth-order valence-corrected chi connectivity index (χ4v) is 2.71. The van der Waals surface area contributed by atoms with Crippen molar-refractivity contribution >= 4 is 0 Å². The Balaban J connectivity index is 0.000000379. The second kappa shape index (κ2) is 7.28. The molecule has 1 saturated heterocycles. The molecule has 0 bridgehead atoms. The Morgan fingerprint density at radius 1 is 1.07 bits per heavy atom. The summed E-state index contributed by atoms with van der Waals surface area (Å²) >= 11 is 0. The molecule has 2 aliphatic rings. The van der Waals surface area contributed by atoms with Gasteiger partial charge in [-0.25, -0.2) is 0 Å². The molecule has 2 atom stereocenters. The predicted octanol–water partition coefficient (Wildman–Crippen LogP) is 3.84. The number of nitrogens with one attached hydrogen (secondary N) is 1. The van der Waals surface area contributed by atoms with E-state index in [2.05, 4.69) is 12.2 Å². The molecule has 0 radical (unpaired) electrons. The van der Waals surface area contributed by atoms with Gasteiger partial charge in [0.2, 0.25) is 0 Å². The third kappa shape index (κ3) is 2.98. The Labute approximate surface area is 90.7 Å². The summed E-state index contributed by atoms with van der Waals surface area (Å²) < 4.78 is 0. The van der Waals surface area contributed by atoms with Crippen LogP contribution in [0, 0.1) is 11.3 Å². The summed E-state index contributed by atoms with van der Waals surface area (Å²) in [5, 5.41) is 3.49. The second-order valence-electron chi connectivity index (χ2n) is 4.08. The van der Waals surface area contributed by atoms with Crippen molar-refractivity contribution in [2.45, 2.75) is 60.3 Å². The van der Waals surface area contributed by atoms with E-state index >= 15 is 0 Å². The maximum atomic E-state index is 3.49. The summed E-state index contributed by atoms with van der Waals surface area (Å²) in [4.78, 5) is 0. The lowest BCUT2D eigenvalue weighted by Crippen LogP contribution is -2.26. The topological polar surface area (TPSA) is 12.0 Å². The molecule has 1 N–H and O–H groups in total. The van der Waals surface area contributed by atoms with E-state index in [1.54, 1.807) is 0 Å². The molecule has 2 unspecified atom stereocenters. The van der Waals surface area contributed by atoms with Gasteiger partial charge in [-0.15, -0.1) is 0 Å². The highest BCUT2D eigenvalue weighted by atomic mass is 14.9. The van der Waals surface area contributed by atoms with Gasteiger partial charge < -0.3 is 5.32 Å². The monoisotopic (exact) mass is 199 g/mol. The zero-order valence-electron chi connectivity index (χ0n) is 10.8. The molecule has 1 nitrogen and oxygen atoms in total. The van der Waals surface area contributed by atoms with Crippen LogP contribution in [0.4, 0.5) is 0 Å². The predicted molar refractivity (Wildman–Crippen MR) is 65.6 cm³/mol. The molecule has 0 aromatic rings. The van der Waals surface area contributed by atoms with Gasteiger partial charge >= 0.3 is 0 Å². The molecule has 1 heterocycles. The van der Waals surface area contributed by atoms with E-state index in [0.717, 1.165) is 11.3 Å². The fraction of sp³-hybridized carbons (Fsp3) is 1.00. The van der Waals surface area contributed by atoms with Gasteiger partial charge in [0.05, 0.1) is 0 Å². The summed E-state index contributed by atoms with van der Waals surface area (Å²) in [6.45, 7) is 13.0. The van der Waals surface area contributed by atoms with Crippen LogP contribution in [0.5, 0.6) is 0 Å². The minimum Gasteiger partial charge on any atom is -0.316 e. The lowest BCUT2D eigenvalue weighted by atomic mass is 9.78. The summed E-state index contributed by atoms with van der Waals surface area (Å²) in [7, 11) is 0. The second-order valence-corrected chi connectivity index (χ2v) is 4.08. The molecule has 0 amide bonds. The molecule has 1 spiro atoms. The van der Waals surface area contributed by atoms with Crippen molar-refractivity contribution < 1.29 is 0 Å². The molecule has 0 aromatic heterocycles. The fourth-order valence-electron chi connectivity index (χ4n) is 2.71. The first-order valence-electron chi connectivity index (χ1n) is 6.54. The minimum absolute atomic E-state index is 0.736. The van der Waals surface area contributed by atoms with Gasteiger partial charge in [-0.3, -0.25) is 0 Å². The van der Waals surface area contributed by atoms with Crippen LogP contribution in [-0.2, 0) is 0 Å². The molecule has 1 aliphatic heterocycles. The Hall–Kier alpha value is -0.0400. The summed E-state index contributed by atoms with van der Waals surface area (Å²) in [6.07, 6.45) is 5.87. The highest BCUT2D eigenvalue weighted by Crippen LogP contribution is 2.46. The van der Waals surface area contributed by atoms with Crippen molar-refractivity contribution in [1.82, 2.24) is 5.32 Å². The van der Waals surface area contributed by atoms with Crippen molar-refractivity contribution in [2.75, 3.05) is 13.1 Å². The van der Waals surface area contributed by atoms with Crippen LogP contribution in [0.1, 0.15) is 60.3 Å². The first kappa shape index (κ1) is 14.0. The third-order valence-corrected chi connectivity index (χ3v) is 3.63. The smallest absolute Gasteiger partial charge is 0.00108 e. The van der Waals surface area contributed by atoms with E-state index in [1.807, 2.05) is 27.7 Å². The third-order valence-electron chi connectivity index (χ3n) is 3.63. The molecule has 2 fully saturated rings. The first-order valence-corrected chi connectivity index (χ1v) is 6.54. The Kier molecular flexibility index (Phi) is 7.26. The van der Waals surface area contributed by atoms with Crippen molar-refractivity contribution in [2.24, 2.45) is 11.3 Å². The lowest BCUT2D eigenvalue weighted by Gasteiger charge is -2.27. The van der Waals surface area contributed by atoms with Crippen LogP contribution in [-0.4, -0.2) is 13.1 Å². The minimum atomic E-state index is 0.736. The summed E-state index contributed by atoms with van der Waals surface area (Å²) in [5.74, 6) is 0.988. The SMILES string of the molecule is CC.CC.CC1CCCC12CCNC2. The maximum Gasteiger partial charge on any atom is 0.00108 e. The van der Waals surface area contributed by atoms with Crippen LogP contribution in [0.2, 0.25) is 0 Å². The standard InChI is InChI=1S/C9H17N.2C2H6/c1-8-3-2-4-9(8)5-6-10-7-9;2*1-2/h8,10H,2-7H2,1H3;2*1-2H3. The van der Waals surface area contributed by atoms with Crippen LogP contribution >= 0.6 is 0 Å². The van der Waals surface area contributed by atoms with E-state index in [4.69, 9.17) is 0 Å². The molecule has 1 heteroatoms. The van der Waals surface area contributed by atoms with Gasteiger partial charge in [0.25, 0.3) is 0 Å². The van der Waals surface area contributed by atoms with Gasteiger partial charge in [0.15, 0.2) is 0 Å². The molecule has 0 aromatic carbocycles. The summed E-state index contributed by atoms with van der Waals surface area (Å²) in [5.41, 5.74) is 0.736. The highest BCUT2D eigenvalue weighted by molar-refractivity contribution is 4.95. The van der Waals surface area contributed by atoms with Gasteiger partial charge in [-0.1, -0.05) is 47.5 Å². The van der Waals surface area contributed by atoms with Gasteiger partial charge in [0.1, 0.15) is 0 Å². The van der Waals surface area contributed by atoms with Gasteiger partial charge in [-0.05, 0) is 30.7 Å². The molecular weight excluding hydrogens is 170 g/mol. The van der Waals surface area contributed by atoms with E-state index in [0.29, 0.717) is 0 Å². The lowest BCUT2D eigenvalue weighted by molar-refractivity contribution is 0.246. The van der Waals surface area contributed by atoms with Crippen LogP contribution < -0.4 is 5.32 Å².